The molecule has 1 aliphatic heterocycles. The van der Waals surface area contributed by atoms with Crippen LogP contribution in [0.15, 0.2) is 66.9 Å². The van der Waals surface area contributed by atoms with Crippen LogP contribution in [0.2, 0.25) is 0 Å². The zero-order chi connectivity index (χ0) is 28.8. The summed E-state index contributed by atoms with van der Waals surface area (Å²) in [6.07, 6.45) is 2.63. The Balaban J connectivity index is 1.18. The number of hydrogen-bond acceptors (Lipinski definition) is 6. The second-order valence-corrected chi connectivity index (χ2v) is 10.7. The molecule has 0 bridgehead atoms. The van der Waals surface area contributed by atoms with Gasteiger partial charge in [-0.15, -0.1) is 0 Å². The molecule has 1 fully saturated rings. The Morgan fingerprint density at radius 1 is 0.951 bits per heavy atom. The van der Waals surface area contributed by atoms with E-state index in [1.807, 2.05) is 65.9 Å². The molecule has 2 aromatic heterocycles. The Morgan fingerprint density at radius 3 is 2.22 bits per heavy atom. The van der Waals surface area contributed by atoms with E-state index in [1.165, 1.54) is 17.7 Å². The van der Waals surface area contributed by atoms with E-state index in [1.54, 1.807) is 0 Å². The van der Waals surface area contributed by atoms with Gasteiger partial charge in [0.15, 0.2) is 0 Å². The number of carbonyl (C=O) groups is 1. The molecule has 1 saturated heterocycles. The third-order valence-electron chi connectivity index (χ3n) is 7.77. The lowest BCUT2D eigenvalue weighted by atomic mass is 10.2. The van der Waals surface area contributed by atoms with Gasteiger partial charge >= 0.3 is 0 Å². The lowest BCUT2D eigenvalue weighted by Gasteiger charge is -2.34. The molecule has 0 aliphatic carbocycles. The average Bonchev–Trinajstić information content (AvgIpc) is 3.36. The van der Waals surface area contributed by atoms with Crippen LogP contribution in [0.3, 0.4) is 0 Å². The molecule has 2 N–H and O–H groups in total. The summed E-state index contributed by atoms with van der Waals surface area (Å²) < 4.78 is 15.1. The van der Waals surface area contributed by atoms with Crippen LogP contribution in [-0.2, 0) is 26.1 Å². The zero-order valence-electron chi connectivity index (χ0n) is 23.9. The number of amides is 1. The van der Waals surface area contributed by atoms with Gasteiger partial charge in [-0.1, -0.05) is 31.2 Å². The highest BCUT2D eigenvalue weighted by Gasteiger charge is 2.20. The second kappa shape index (κ2) is 13.2. The number of rotatable bonds is 11. The predicted molar refractivity (Wildman–Crippen MR) is 159 cm³/mol. The average molecular weight is 559 g/mol. The predicted octanol–water partition coefficient (Wildman–Crippen LogP) is 3.71. The van der Waals surface area contributed by atoms with Gasteiger partial charge in [0.2, 0.25) is 0 Å². The van der Waals surface area contributed by atoms with Crippen molar-refractivity contribution in [2.45, 2.75) is 33.0 Å². The number of anilines is 1. The van der Waals surface area contributed by atoms with Gasteiger partial charge in [0.1, 0.15) is 17.2 Å². The summed E-state index contributed by atoms with van der Waals surface area (Å²) >= 11 is 0. The first-order chi connectivity index (χ1) is 19.9. The van der Waals surface area contributed by atoms with Gasteiger partial charge in [-0.2, -0.15) is 0 Å². The molecule has 3 heterocycles. The number of benzene rings is 2. The first-order valence-corrected chi connectivity index (χ1v) is 14.3. The van der Waals surface area contributed by atoms with Crippen molar-refractivity contribution >= 4 is 17.2 Å². The molecule has 0 radical (unpaired) electrons. The summed E-state index contributed by atoms with van der Waals surface area (Å²) in [4.78, 5) is 24.9. The van der Waals surface area contributed by atoms with Gasteiger partial charge in [0.05, 0.1) is 12.3 Å². The number of imidazole rings is 1. The van der Waals surface area contributed by atoms with Gasteiger partial charge in [-0.25, -0.2) is 9.37 Å². The van der Waals surface area contributed by atoms with Crippen molar-refractivity contribution < 1.29 is 14.3 Å². The Kier molecular flexibility index (Phi) is 9.28. The summed E-state index contributed by atoms with van der Waals surface area (Å²) in [6.45, 7) is 8.65. The molecule has 4 aromatic rings. The third-order valence-corrected chi connectivity index (χ3v) is 7.77. The van der Waals surface area contributed by atoms with Crippen molar-refractivity contribution in [2.24, 2.45) is 0 Å². The van der Waals surface area contributed by atoms with Crippen LogP contribution in [0.25, 0.3) is 5.65 Å². The number of hydrogen-bond donors (Lipinski definition) is 2. The minimum Gasteiger partial charge on any atom is -0.395 e. The van der Waals surface area contributed by atoms with Gasteiger partial charge in [-0.3, -0.25) is 19.0 Å². The molecule has 0 unspecified atom stereocenters. The summed E-state index contributed by atoms with van der Waals surface area (Å²) in [5, 5.41) is 12.2. The Morgan fingerprint density at radius 2 is 1.59 bits per heavy atom. The molecule has 0 spiro atoms. The summed E-state index contributed by atoms with van der Waals surface area (Å²) in [5.74, 6) is -0.335. The van der Waals surface area contributed by atoms with Gasteiger partial charge in [-0.05, 0) is 59.5 Å². The highest BCUT2D eigenvalue weighted by Crippen LogP contribution is 2.19. The van der Waals surface area contributed by atoms with E-state index in [2.05, 4.69) is 27.2 Å². The molecule has 5 rings (SSSR count). The zero-order valence-corrected chi connectivity index (χ0v) is 23.9. The first-order valence-electron chi connectivity index (χ1n) is 14.3. The molecule has 8 nitrogen and oxygen atoms in total. The maximum Gasteiger partial charge on any atom is 0.270 e. The van der Waals surface area contributed by atoms with Crippen LogP contribution in [0.5, 0.6) is 0 Å². The van der Waals surface area contributed by atoms with E-state index in [4.69, 9.17) is 10.1 Å². The number of nitrogens with zero attached hydrogens (tertiary/aromatic N) is 5. The maximum absolute atomic E-state index is 13.3. The molecular weight excluding hydrogens is 519 g/mol. The van der Waals surface area contributed by atoms with E-state index >= 15 is 0 Å². The quantitative estimate of drug-likeness (QED) is 0.292. The van der Waals surface area contributed by atoms with Crippen molar-refractivity contribution in [1.29, 1.82) is 0 Å². The van der Waals surface area contributed by atoms with Gasteiger partial charge in [0, 0.05) is 71.3 Å². The first kappa shape index (κ1) is 28.7. The lowest BCUT2D eigenvalue weighted by molar-refractivity contribution is 0.0944. The fourth-order valence-corrected chi connectivity index (χ4v) is 5.35. The smallest absolute Gasteiger partial charge is 0.270 e. The molecular formula is C32H39FN6O2. The number of piperazine rings is 1. The van der Waals surface area contributed by atoms with Crippen LogP contribution in [0, 0.1) is 5.82 Å². The second-order valence-electron chi connectivity index (χ2n) is 10.7. The van der Waals surface area contributed by atoms with Crippen LogP contribution >= 0.6 is 0 Å². The summed E-state index contributed by atoms with van der Waals surface area (Å²) in [7, 11) is 1.94. The Labute approximate surface area is 241 Å². The molecule has 41 heavy (non-hydrogen) atoms. The molecule has 0 atom stereocenters. The molecule has 0 saturated carbocycles. The molecule has 1 amide bonds. The van der Waals surface area contributed by atoms with E-state index in [0.717, 1.165) is 67.4 Å². The molecule has 216 valence electrons. The molecule has 1 aliphatic rings. The fraction of sp³-hybridized carbons (Fsp3) is 0.375. The minimum atomic E-state index is -0.197. The van der Waals surface area contributed by atoms with Gasteiger partial charge in [0.25, 0.3) is 5.91 Å². The summed E-state index contributed by atoms with van der Waals surface area (Å²) in [5.41, 5.74) is 6.50. The number of fused-ring (bicyclic) bond motifs is 1. The van der Waals surface area contributed by atoms with E-state index in [-0.39, 0.29) is 18.3 Å². The minimum absolute atomic E-state index is 0.103. The Hall–Kier alpha value is -3.79. The van der Waals surface area contributed by atoms with Crippen LogP contribution in [0.4, 0.5) is 10.1 Å². The number of carbonyl (C=O) groups excluding carboxylic acids is 1. The van der Waals surface area contributed by atoms with E-state index < -0.39 is 0 Å². The largest absolute Gasteiger partial charge is 0.395 e. The summed E-state index contributed by atoms with van der Waals surface area (Å²) in [6, 6.07) is 18.9. The number of aliphatic hydroxyl groups is 1. The number of aromatic nitrogens is 2. The lowest BCUT2D eigenvalue weighted by Crippen LogP contribution is -2.45. The highest BCUT2D eigenvalue weighted by molar-refractivity contribution is 5.94. The molecule has 9 heteroatoms. The topological polar surface area (TPSA) is 76.4 Å². The van der Waals surface area contributed by atoms with Crippen molar-refractivity contribution in [3.05, 3.63) is 101 Å². The van der Waals surface area contributed by atoms with Crippen LogP contribution in [0.1, 0.15) is 39.8 Å². The van der Waals surface area contributed by atoms with E-state index in [0.29, 0.717) is 25.2 Å². The normalized spacial score (nSPS) is 14.4. The number of aliphatic hydroxyl groups excluding tert-OH is 1. The van der Waals surface area contributed by atoms with E-state index in [9.17, 15) is 9.18 Å². The van der Waals surface area contributed by atoms with Crippen molar-refractivity contribution in [3.63, 3.8) is 0 Å². The number of likely N-dealkylation sites (N-methyl/N-ethyl adjacent to an activating group) is 1. The van der Waals surface area contributed by atoms with Crippen molar-refractivity contribution in [2.75, 3.05) is 51.3 Å². The van der Waals surface area contributed by atoms with Crippen molar-refractivity contribution in [3.8, 4) is 0 Å². The monoisotopic (exact) mass is 558 g/mol. The number of pyridine rings is 1. The van der Waals surface area contributed by atoms with Gasteiger partial charge < -0.3 is 15.3 Å². The number of aryl methyl sites for hydroxylation is 1. The van der Waals surface area contributed by atoms with Crippen LogP contribution < -0.4 is 10.2 Å². The van der Waals surface area contributed by atoms with Crippen LogP contribution in [-0.4, -0.2) is 76.6 Å². The standard InChI is InChI=1S/C32H39FN6O2/c1-3-29-31(32(41)34-21-24-6-10-28(11-7-24)36(2)18-19-40)39-13-12-26(20-30(39)35-29)23-38-16-14-37(15-17-38)22-25-4-8-27(33)9-5-25/h4-13,20,40H,3,14-19,21-23H2,1-2H3,(H,34,41). The van der Waals surface area contributed by atoms with Crippen molar-refractivity contribution in [1.82, 2.24) is 24.5 Å². The third kappa shape index (κ3) is 7.11. The maximum atomic E-state index is 13.3. The SMILES string of the molecule is CCc1nc2cc(CN3CCN(Cc4ccc(F)cc4)CC3)ccn2c1C(=O)NCc1ccc(N(C)CCO)cc1. The Bertz CT molecular complexity index is 1450. The number of nitrogens with one attached hydrogen (secondary N) is 1. The highest BCUT2D eigenvalue weighted by atomic mass is 19.1. The molecule has 2 aromatic carbocycles. The fourth-order valence-electron chi connectivity index (χ4n) is 5.35. The number of halogens is 1.